The van der Waals surface area contributed by atoms with Gasteiger partial charge < -0.3 is 10.6 Å². The average Bonchev–Trinajstić information content (AvgIpc) is 2.53. The van der Waals surface area contributed by atoms with Crippen LogP contribution in [0.15, 0.2) is 47.4 Å². The summed E-state index contributed by atoms with van der Waals surface area (Å²) < 4.78 is 13.3. The van der Waals surface area contributed by atoms with E-state index in [0.717, 1.165) is 4.90 Å². The first kappa shape index (κ1) is 15.6. The SMILES string of the molecule is CSc1cccc(NC(=O)[C@@H]2CC(=O)Nc3cc(F)ccc32)c1. The molecule has 1 aliphatic heterocycles. The minimum Gasteiger partial charge on any atom is -0.326 e. The van der Waals surface area contributed by atoms with E-state index in [1.54, 1.807) is 23.9 Å². The third-order valence-electron chi connectivity index (χ3n) is 3.71. The second kappa shape index (κ2) is 6.42. The molecule has 2 N–H and O–H groups in total. The number of anilines is 2. The molecule has 3 rings (SSSR count). The van der Waals surface area contributed by atoms with Crippen molar-refractivity contribution in [1.82, 2.24) is 0 Å². The van der Waals surface area contributed by atoms with E-state index in [1.165, 1.54) is 12.1 Å². The highest BCUT2D eigenvalue weighted by Crippen LogP contribution is 2.33. The monoisotopic (exact) mass is 330 g/mol. The van der Waals surface area contributed by atoms with Crippen LogP contribution < -0.4 is 10.6 Å². The molecular formula is C17H15FN2O2S. The number of fused-ring (bicyclic) bond motifs is 1. The molecule has 2 aromatic rings. The van der Waals surface area contributed by atoms with Crippen LogP contribution in [-0.2, 0) is 9.59 Å². The van der Waals surface area contributed by atoms with Crippen LogP contribution >= 0.6 is 11.8 Å². The summed E-state index contributed by atoms with van der Waals surface area (Å²) in [5, 5.41) is 5.44. The van der Waals surface area contributed by atoms with E-state index in [2.05, 4.69) is 10.6 Å². The van der Waals surface area contributed by atoms with Crippen molar-refractivity contribution in [3.05, 3.63) is 53.8 Å². The fraction of sp³-hybridized carbons (Fsp3) is 0.176. The quantitative estimate of drug-likeness (QED) is 0.845. The molecule has 23 heavy (non-hydrogen) atoms. The molecule has 0 aliphatic carbocycles. The molecule has 0 aromatic heterocycles. The van der Waals surface area contributed by atoms with Gasteiger partial charge in [0.15, 0.2) is 0 Å². The number of nitrogens with one attached hydrogen (secondary N) is 2. The number of hydrogen-bond donors (Lipinski definition) is 2. The molecule has 0 saturated heterocycles. The van der Waals surface area contributed by atoms with Crippen LogP contribution in [0.5, 0.6) is 0 Å². The Bertz CT molecular complexity index is 779. The van der Waals surface area contributed by atoms with Crippen molar-refractivity contribution in [3.8, 4) is 0 Å². The Morgan fingerprint density at radius 2 is 2.13 bits per heavy atom. The van der Waals surface area contributed by atoms with Gasteiger partial charge in [0.1, 0.15) is 5.82 Å². The minimum absolute atomic E-state index is 0.0483. The van der Waals surface area contributed by atoms with Crippen LogP contribution in [0, 0.1) is 5.82 Å². The lowest BCUT2D eigenvalue weighted by Gasteiger charge is -2.25. The van der Waals surface area contributed by atoms with Crippen molar-refractivity contribution in [1.29, 1.82) is 0 Å². The lowest BCUT2D eigenvalue weighted by Crippen LogP contribution is -2.30. The number of benzene rings is 2. The Kier molecular flexibility index (Phi) is 4.34. The van der Waals surface area contributed by atoms with Crippen molar-refractivity contribution in [2.45, 2.75) is 17.2 Å². The van der Waals surface area contributed by atoms with Crippen LogP contribution in [-0.4, -0.2) is 18.1 Å². The first-order chi connectivity index (χ1) is 11.1. The summed E-state index contributed by atoms with van der Waals surface area (Å²) in [6, 6.07) is 11.6. The lowest BCUT2D eigenvalue weighted by molar-refractivity contribution is -0.123. The molecule has 6 heteroatoms. The zero-order valence-electron chi connectivity index (χ0n) is 12.4. The maximum atomic E-state index is 13.3. The molecule has 118 valence electrons. The predicted molar refractivity (Wildman–Crippen MR) is 89.2 cm³/mol. The molecule has 0 radical (unpaired) electrons. The smallest absolute Gasteiger partial charge is 0.232 e. The summed E-state index contributed by atoms with van der Waals surface area (Å²) in [5.74, 6) is -1.64. The minimum atomic E-state index is -0.628. The lowest BCUT2D eigenvalue weighted by atomic mass is 9.89. The molecule has 0 fully saturated rings. The highest BCUT2D eigenvalue weighted by molar-refractivity contribution is 7.98. The standard InChI is InChI=1S/C17H15FN2O2S/c1-23-12-4-2-3-11(8-12)19-17(22)14-9-16(21)20-15-7-10(18)5-6-13(14)15/h2-8,14H,9H2,1H3,(H,19,22)(H,20,21)/t14-/m1/s1. The molecule has 0 unspecified atom stereocenters. The zero-order chi connectivity index (χ0) is 16.4. The summed E-state index contributed by atoms with van der Waals surface area (Å²) in [5.41, 5.74) is 1.67. The number of rotatable bonds is 3. The molecule has 4 nitrogen and oxygen atoms in total. The molecule has 2 aromatic carbocycles. The highest BCUT2D eigenvalue weighted by atomic mass is 32.2. The molecular weight excluding hydrogens is 315 g/mol. The van der Waals surface area contributed by atoms with Gasteiger partial charge in [0.2, 0.25) is 11.8 Å². The van der Waals surface area contributed by atoms with E-state index in [1.807, 2.05) is 24.5 Å². The zero-order valence-corrected chi connectivity index (χ0v) is 13.2. The van der Waals surface area contributed by atoms with E-state index in [4.69, 9.17) is 0 Å². The summed E-state index contributed by atoms with van der Waals surface area (Å²) in [4.78, 5) is 25.4. The summed E-state index contributed by atoms with van der Waals surface area (Å²) in [6.07, 6.45) is 2.00. The molecule has 1 atom stereocenters. The summed E-state index contributed by atoms with van der Waals surface area (Å²) in [7, 11) is 0. The summed E-state index contributed by atoms with van der Waals surface area (Å²) >= 11 is 1.58. The first-order valence-corrected chi connectivity index (χ1v) is 8.33. The van der Waals surface area contributed by atoms with Gasteiger partial charge in [-0.1, -0.05) is 12.1 Å². The number of amides is 2. The van der Waals surface area contributed by atoms with Crippen LogP contribution in [0.25, 0.3) is 0 Å². The van der Waals surface area contributed by atoms with Gasteiger partial charge in [-0.15, -0.1) is 11.8 Å². The molecule has 2 amide bonds. The van der Waals surface area contributed by atoms with Gasteiger partial charge in [0.25, 0.3) is 0 Å². The van der Waals surface area contributed by atoms with Crippen molar-refractivity contribution < 1.29 is 14.0 Å². The number of hydrogen-bond acceptors (Lipinski definition) is 3. The van der Waals surface area contributed by atoms with Crippen LogP contribution in [0.3, 0.4) is 0 Å². The number of carbonyl (C=O) groups is 2. The van der Waals surface area contributed by atoms with E-state index in [0.29, 0.717) is 16.9 Å². The summed E-state index contributed by atoms with van der Waals surface area (Å²) in [6.45, 7) is 0. The second-order valence-electron chi connectivity index (χ2n) is 5.26. The predicted octanol–water partition coefficient (Wildman–Crippen LogP) is 3.61. The van der Waals surface area contributed by atoms with Crippen molar-refractivity contribution in [2.75, 3.05) is 16.9 Å². The Morgan fingerprint density at radius 1 is 1.30 bits per heavy atom. The fourth-order valence-corrected chi connectivity index (χ4v) is 3.06. The fourth-order valence-electron chi connectivity index (χ4n) is 2.60. The van der Waals surface area contributed by atoms with Crippen LogP contribution in [0.1, 0.15) is 17.9 Å². The molecule has 1 aliphatic rings. The largest absolute Gasteiger partial charge is 0.326 e. The normalized spacial score (nSPS) is 16.4. The van der Waals surface area contributed by atoms with Gasteiger partial charge in [-0.2, -0.15) is 0 Å². The highest BCUT2D eigenvalue weighted by Gasteiger charge is 2.31. The first-order valence-electron chi connectivity index (χ1n) is 7.11. The molecule has 0 spiro atoms. The van der Waals surface area contributed by atoms with Crippen molar-refractivity contribution in [2.24, 2.45) is 0 Å². The average molecular weight is 330 g/mol. The maximum Gasteiger partial charge on any atom is 0.232 e. The maximum absolute atomic E-state index is 13.3. The van der Waals surface area contributed by atoms with E-state index < -0.39 is 11.7 Å². The Labute approximate surface area is 137 Å². The third kappa shape index (κ3) is 3.37. The van der Waals surface area contributed by atoms with Crippen molar-refractivity contribution in [3.63, 3.8) is 0 Å². The molecule has 0 bridgehead atoms. The Morgan fingerprint density at radius 3 is 2.91 bits per heavy atom. The number of halogens is 1. The van der Waals surface area contributed by atoms with E-state index >= 15 is 0 Å². The van der Waals surface area contributed by atoms with E-state index in [-0.39, 0.29) is 18.2 Å². The number of carbonyl (C=O) groups excluding carboxylic acids is 2. The molecule has 1 heterocycles. The Hall–Kier alpha value is -2.34. The molecule has 0 saturated carbocycles. The third-order valence-corrected chi connectivity index (χ3v) is 4.43. The van der Waals surface area contributed by atoms with Gasteiger partial charge in [0, 0.05) is 22.7 Å². The van der Waals surface area contributed by atoms with Gasteiger partial charge >= 0.3 is 0 Å². The van der Waals surface area contributed by atoms with Crippen LogP contribution in [0.4, 0.5) is 15.8 Å². The van der Waals surface area contributed by atoms with Gasteiger partial charge in [-0.05, 0) is 42.2 Å². The Balaban J connectivity index is 1.86. The van der Waals surface area contributed by atoms with Gasteiger partial charge in [-0.3, -0.25) is 9.59 Å². The van der Waals surface area contributed by atoms with Gasteiger partial charge in [0.05, 0.1) is 5.92 Å². The van der Waals surface area contributed by atoms with Gasteiger partial charge in [-0.25, -0.2) is 4.39 Å². The van der Waals surface area contributed by atoms with E-state index in [9.17, 15) is 14.0 Å². The van der Waals surface area contributed by atoms with Crippen molar-refractivity contribution >= 4 is 35.0 Å². The number of thioether (sulfide) groups is 1. The second-order valence-corrected chi connectivity index (χ2v) is 6.14. The topological polar surface area (TPSA) is 58.2 Å². The van der Waals surface area contributed by atoms with Crippen LogP contribution in [0.2, 0.25) is 0 Å².